The molecule has 0 aliphatic carbocycles. The van der Waals surface area contributed by atoms with E-state index in [1.54, 1.807) is 0 Å². The molecule has 0 aromatic heterocycles. The van der Waals surface area contributed by atoms with Crippen LogP contribution in [0, 0.1) is 5.41 Å². The number of hydrogen-bond acceptors (Lipinski definition) is 1. The number of amides is 1. The standard InChI is InChI=1S/C19H39NO/c1-4-6-8-10-11-12-13-15-17-19(3,18(20)21)16-14-9-7-5-2/h4-17H2,1-3H3,(H2,20,21). The average molecular weight is 298 g/mol. The summed E-state index contributed by atoms with van der Waals surface area (Å²) in [5.74, 6) is -0.0954. The minimum atomic E-state index is -0.268. The SMILES string of the molecule is CCCCCCCCCCC(C)(CCCCCC)C(N)=O. The van der Waals surface area contributed by atoms with E-state index in [1.165, 1.54) is 64.2 Å². The van der Waals surface area contributed by atoms with E-state index in [9.17, 15) is 4.79 Å². The second-order valence-corrected chi connectivity index (χ2v) is 6.96. The van der Waals surface area contributed by atoms with Crippen LogP contribution in [-0.4, -0.2) is 5.91 Å². The second kappa shape index (κ2) is 13.2. The summed E-state index contributed by atoms with van der Waals surface area (Å²) < 4.78 is 0. The fourth-order valence-electron chi connectivity index (χ4n) is 2.96. The molecule has 2 N–H and O–H groups in total. The highest BCUT2D eigenvalue weighted by atomic mass is 16.1. The Morgan fingerprint density at radius 3 is 1.43 bits per heavy atom. The summed E-state index contributed by atoms with van der Waals surface area (Å²) in [5.41, 5.74) is 5.37. The van der Waals surface area contributed by atoms with Crippen LogP contribution in [0.1, 0.15) is 111 Å². The molecule has 1 unspecified atom stereocenters. The lowest BCUT2D eigenvalue weighted by Gasteiger charge is -2.26. The smallest absolute Gasteiger partial charge is 0.223 e. The van der Waals surface area contributed by atoms with Crippen LogP contribution >= 0.6 is 0 Å². The third-order valence-corrected chi connectivity index (χ3v) is 4.76. The number of hydrogen-bond donors (Lipinski definition) is 1. The normalized spacial score (nSPS) is 14.0. The van der Waals surface area contributed by atoms with Gasteiger partial charge in [0.1, 0.15) is 0 Å². The van der Waals surface area contributed by atoms with Gasteiger partial charge in [-0.2, -0.15) is 0 Å². The molecule has 2 heteroatoms. The number of primary amides is 1. The van der Waals surface area contributed by atoms with Crippen LogP contribution in [0.2, 0.25) is 0 Å². The van der Waals surface area contributed by atoms with Crippen LogP contribution in [0.4, 0.5) is 0 Å². The predicted molar refractivity (Wildman–Crippen MR) is 93.3 cm³/mol. The number of nitrogens with two attached hydrogens (primary N) is 1. The first-order valence-corrected chi connectivity index (χ1v) is 9.36. The van der Waals surface area contributed by atoms with Crippen molar-refractivity contribution in [2.75, 3.05) is 0 Å². The minimum absolute atomic E-state index is 0.0954. The highest BCUT2D eigenvalue weighted by Crippen LogP contribution is 2.31. The van der Waals surface area contributed by atoms with E-state index >= 15 is 0 Å². The summed E-state index contributed by atoms with van der Waals surface area (Å²) in [4.78, 5) is 11.7. The quantitative estimate of drug-likeness (QED) is 0.371. The van der Waals surface area contributed by atoms with Gasteiger partial charge in [-0.15, -0.1) is 0 Å². The zero-order chi connectivity index (χ0) is 16.0. The number of carbonyl (C=O) groups excluding carboxylic acids is 1. The lowest BCUT2D eigenvalue weighted by molar-refractivity contribution is -0.127. The molecule has 0 fully saturated rings. The first-order chi connectivity index (χ1) is 10.1. The summed E-state index contributed by atoms with van der Waals surface area (Å²) in [5, 5.41) is 0. The zero-order valence-corrected chi connectivity index (χ0v) is 14.9. The molecule has 0 aromatic rings. The molecule has 0 rings (SSSR count). The Morgan fingerprint density at radius 1 is 0.714 bits per heavy atom. The summed E-state index contributed by atoms with van der Waals surface area (Å²) in [6.07, 6.45) is 17.3. The van der Waals surface area contributed by atoms with Crippen molar-refractivity contribution < 1.29 is 4.79 Å². The van der Waals surface area contributed by atoms with Gasteiger partial charge in [0.15, 0.2) is 0 Å². The van der Waals surface area contributed by atoms with Gasteiger partial charge in [0.2, 0.25) is 5.91 Å². The Bertz CT molecular complexity index is 252. The number of rotatable bonds is 15. The van der Waals surface area contributed by atoms with Gasteiger partial charge in [0, 0.05) is 5.41 Å². The molecule has 2 nitrogen and oxygen atoms in total. The Kier molecular flexibility index (Phi) is 12.8. The summed E-state index contributed by atoms with van der Waals surface area (Å²) >= 11 is 0. The summed E-state index contributed by atoms with van der Waals surface area (Å²) in [6, 6.07) is 0. The fraction of sp³-hybridized carbons (Fsp3) is 0.947. The van der Waals surface area contributed by atoms with E-state index in [0.717, 1.165) is 25.7 Å². The largest absolute Gasteiger partial charge is 0.369 e. The van der Waals surface area contributed by atoms with E-state index in [1.807, 2.05) is 0 Å². The molecule has 0 aromatic carbocycles. The molecule has 0 aliphatic heterocycles. The Hall–Kier alpha value is -0.530. The monoisotopic (exact) mass is 297 g/mol. The molecule has 0 aliphatic rings. The van der Waals surface area contributed by atoms with E-state index < -0.39 is 0 Å². The molecule has 0 spiro atoms. The van der Waals surface area contributed by atoms with Gasteiger partial charge in [-0.05, 0) is 12.8 Å². The van der Waals surface area contributed by atoms with Gasteiger partial charge in [-0.3, -0.25) is 4.79 Å². The maximum absolute atomic E-state index is 11.7. The fourth-order valence-corrected chi connectivity index (χ4v) is 2.96. The molecule has 21 heavy (non-hydrogen) atoms. The minimum Gasteiger partial charge on any atom is -0.369 e. The molecule has 1 atom stereocenters. The van der Waals surface area contributed by atoms with Crippen LogP contribution < -0.4 is 5.73 Å². The molecule has 0 radical (unpaired) electrons. The molecule has 0 saturated carbocycles. The van der Waals surface area contributed by atoms with Crippen molar-refractivity contribution in [3.8, 4) is 0 Å². The number of carbonyl (C=O) groups is 1. The van der Waals surface area contributed by atoms with Crippen molar-refractivity contribution in [1.29, 1.82) is 0 Å². The van der Waals surface area contributed by atoms with Gasteiger partial charge in [-0.1, -0.05) is 97.8 Å². The van der Waals surface area contributed by atoms with Crippen molar-refractivity contribution in [1.82, 2.24) is 0 Å². The third-order valence-electron chi connectivity index (χ3n) is 4.76. The lowest BCUT2D eigenvalue weighted by Crippen LogP contribution is -2.34. The molecule has 0 bridgehead atoms. The van der Waals surface area contributed by atoms with E-state index in [2.05, 4.69) is 20.8 Å². The summed E-state index contributed by atoms with van der Waals surface area (Å²) in [6.45, 7) is 6.54. The van der Waals surface area contributed by atoms with Gasteiger partial charge in [0.25, 0.3) is 0 Å². The zero-order valence-electron chi connectivity index (χ0n) is 14.9. The van der Waals surface area contributed by atoms with Crippen LogP contribution in [0.15, 0.2) is 0 Å². The van der Waals surface area contributed by atoms with Gasteiger partial charge >= 0.3 is 0 Å². The maximum atomic E-state index is 11.7. The second-order valence-electron chi connectivity index (χ2n) is 6.96. The predicted octanol–water partition coefficient (Wildman–Crippen LogP) is 5.98. The molecule has 1 amide bonds. The molecule has 0 saturated heterocycles. The molecular weight excluding hydrogens is 258 g/mol. The van der Waals surface area contributed by atoms with Crippen molar-refractivity contribution in [2.24, 2.45) is 11.1 Å². The van der Waals surface area contributed by atoms with Gasteiger partial charge < -0.3 is 5.73 Å². The summed E-state index contributed by atoms with van der Waals surface area (Å²) in [7, 11) is 0. The van der Waals surface area contributed by atoms with Crippen LogP contribution in [-0.2, 0) is 4.79 Å². The van der Waals surface area contributed by atoms with Gasteiger partial charge in [0.05, 0.1) is 0 Å². The molecule has 126 valence electrons. The van der Waals surface area contributed by atoms with E-state index in [-0.39, 0.29) is 11.3 Å². The van der Waals surface area contributed by atoms with Crippen molar-refractivity contribution >= 4 is 5.91 Å². The van der Waals surface area contributed by atoms with Crippen molar-refractivity contribution in [2.45, 2.75) is 111 Å². The van der Waals surface area contributed by atoms with E-state index in [0.29, 0.717) is 0 Å². The lowest BCUT2D eigenvalue weighted by atomic mass is 9.79. The average Bonchev–Trinajstić information content (AvgIpc) is 2.46. The van der Waals surface area contributed by atoms with Gasteiger partial charge in [-0.25, -0.2) is 0 Å². The topological polar surface area (TPSA) is 43.1 Å². The van der Waals surface area contributed by atoms with Crippen LogP contribution in [0.3, 0.4) is 0 Å². The maximum Gasteiger partial charge on any atom is 0.223 e. The first-order valence-electron chi connectivity index (χ1n) is 9.36. The molecule has 0 heterocycles. The first kappa shape index (κ1) is 20.5. The highest BCUT2D eigenvalue weighted by molar-refractivity contribution is 5.80. The van der Waals surface area contributed by atoms with Crippen LogP contribution in [0.25, 0.3) is 0 Å². The van der Waals surface area contributed by atoms with Crippen molar-refractivity contribution in [3.05, 3.63) is 0 Å². The van der Waals surface area contributed by atoms with Crippen molar-refractivity contribution in [3.63, 3.8) is 0 Å². The van der Waals surface area contributed by atoms with Crippen LogP contribution in [0.5, 0.6) is 0 Å². The number of unbranched alkanes of at least 4 members (excludes halogenated alkanes) is 10. The Balaban J connectivity index is 3.75. The van der Waals surface area contributed by atoms with E-state index in [4.69, 9.17) is 5.73 Å². The highest BCUT2D eigenvalue weighted by Gasteiger charge is 2.29. The molecular formula is C19H39NO. The third kappa shape index (κ3) is 10.8. The Labute approximate surface area is 133 Å². The Morgan fingerprint density at radius 2 is 1.05 bits per heavy atom.